The number of benzene rings is 1. The van der Waals surface area contributed by atoms with Crippen molar-refractivity contribution in [1.82, 2.24) is 10.6 Å². The number of carbonyl (C=O) groups is 3. The molecule has 0 aliphatic rings. The second kappa shape index (κ2) is 11.9. The molecule has 0 aromatic heterocycles. The van der Waals surface area contributed by atoms with Crippen molar-refractivity contribution in [3.8, 4) is 5.75 Å². The van der Waals surface area contributed by atoms with E-state index in [0.717, 1.165) is 19.3 Å². The molecule has 0 aliphatic heterocycles. The highest BCUT2D eigenvalue weighted by molar-refractivity contribution is 5.96. The van der Waals surface area contributed by atoms with E-state index in [4.69, 9.17) is 9.47 Å². The van der Waals surface area contributed by atoms with Gasteiger partial charge >= 0.3 is 5.97 Å². The molecular weight excluding hydrogens is 336 g/mol. The topological polar surface area (TPSA) is 93.7 Å². The predicted octanol–water partition coefficient (Wildman–Crippen LogP) is 2.05. The van der Waals surface area contributed by atoms with Crippen molar-refractivity contribution in [2.45, 2.75) is 46.1 Å². The Morgan fingerprint density at radius 2 is 1.73 bits per heavy atom. The van der Waals surface area contributed by atoms with Gasteiger partial charge in [-0.3, -0.25) is 14.4 Å². The zero-order valence-corrected chi connectivity index (χ0v) is 15.7. The van der Waals surface area contributed by atoms with Gasteiger partial charge in [0.1, 0.15) is 12.3 Å². The summed E-state index contributed by atoms with van der Waals surface area (Å²) in [5.41, 5.74) is 0.411. The van der Waals surface area contributed by atoms with Crippen molar-refractivity contribution in [2.75, 3.05) is 19.7 Å². The maximum absolute atomic E-state index is 12.0. The summed E-state index contributed by atoms with van der Waals surface area (Å²) in [6, 6.07) is 6.68. The highest BCUT2D eigenvalue weighted by Gasteiger charge is 2.17. The van der Waals surface area contributed by atoms with Crippen molar-refractivity contribution in [2.24, 2.45) is 0 Å². The number of ether oxygens (including phenoxy) is 2. The minimum atomic E-state index is -0.898. The Labute approximate surface area is 154 Å². The second-order valence-electron chi connectivity index (χ2n) is 5.83. The molecular formula is C19H28N2O5. The zero-order valence-electron chi connectivity index (χ0n) is 15.7. The molecule has 0 saturated carbocycles. The van der Waals surface area contributed by atoms with Gasteiger partial charge in [-0.25, -0.2) is 0 Å². The van der Waals surface area contributed by atoms with Gasteiger partial charge in [0.05, 0.1) is 6.61 Å². The Kier molecular flexibility index (Phi) is 9.82. The maximum Gasteiger partial charge on any atom is 0.326 e. The SMILES string of the molecule is CCCCOc1ccc(C(=O)NCC(=O)OC(C)C(=O)NCCC)cc1. The molecule has 1 aromatic rings. The Hall–Kier alpha value is -2.57. The first-order valence-corrected chi connectivity index (χ1v) is 8.96. The highest BCUT2D eigenvalue weighted by atomic mass is 16.5. The lowest BCUT2D eigenvalue weighted by Crippen LogP contribution is -2.39. The van der Waals surface area contributed by atoms with Crippen molar-refractivity contribution < 1.29 is 23.9 Å². The third kappa shape index (κ3) is 8.00. The molecule has 0 heterocycles. The van der Waals surface area contributed by atoms with E-state index in [1.165, 1.54) is 6.92 Å². The van der Waals surface area contributed by atoms with Gasteiger partial charge < -0.3 is 20.1 Å². The van der Waals surface area contributed by atoms with Gasteiger partial charge in [0.25, 0.3) is 11.8 Å². The van der Waals surface area contributed by atoms with Gasteiger partial charge in [0.15, 0.2) is 6.10 Å². The van der Waals surface area contributed by atoms with Crippen LogP contribution in [0.1, 0.15) is 50.4 Å². The maximum atomic E-state index is 12.0. The summed E-state index contributed by atoms with van der Waals surface area (Å²) in [6.45, 7) is 6.35. The molecule has 1 unspecified atom stereocenters. The molecule has 26 heavy (non-hydrogen) atoms. The van der Waals surface area contributed by atoms with E-state index in [1.807, 2.05) is 6.92 Å². The molecule has 7 nitrogen and oxygen atoms in total. The summed E-state index contributed by atoms with van der Waals surface area (Å²) in [5, 5.41) is 5.11. The second-order valence-corrected chi connectivity index (χ2v) is 5.83. The fourth-order valence-corrected chi connectivity index (χ4v) is 1.98. The molecule has 7 heteroatoms. The molecule has 1 atom stereocenters. The largest absolute Gasteiger partial charge is 0.494 e. The Morgan fingerprint density at radius 3 is 2.35 bits per heavy atom. The van der Waals surface area contributed by atoms with Crippen LogP contribution in [0, 0.1) is 0 Å². The Morgan fingerprint density at radius 1 is 1.04 bits per heavy atom. The molecule has 0 saturated heterocycles. The summed E-state index contributed by atoms with van der Waals surface area (Å²) in [7, 11) is 0. The van der Waals surface area contributed by atoms with Crippen LogP contribution >= 0.6 is 0 Å². The minimum Gasteiger partial charge on any atom is -0.494 e. The zero-order chi connectivity index (χ0) is 19.4. The van der Waals surface area contributed by atoms with Crippen molar-refractivity contribution >= 4 is 17.8 Å². The van der Waals surface area contributed by atoms with Crippen molar-refractivity contribution in [3.63, 3.8) is 0 Å². The van der Waals surface area contributed by atoms with Gasteiger partial charge in [-0.2, -0.15) is 0 Å². The highest BCUT2D eigenvalue weighted by Crippen LogP contribution is 2.12. The Bertz CT molecular complexity index is 586. The quantitative estimate of drug-likeness (QED) is 0.463. The number of carbonyl (C=O) groups excluding carboxylic acids is 3. The molecule has 0 radical (unpaired) electrons. The summed E-state index contributed by atoms with van der Waals surface area (Å²) in [5.74, 6) is -0.728. The lowest BCUT2D eigenvalue weighted by molar-refractivity contribution is -0.153. The number of nitrogens with one attached hydrogen (secondary N) is 2. The van der Waals surface area contributed by atoms with Crippen LogP contribution in [0.3, 0.4) is 0 Å². The molecule has 2 N–H and O–H groups in total. The smallest absolute Gasteiger partial charge is 0.326 e. The monoisotopic (exact) mass is 364 g/mol. The predicted molar refractivity (Wildman–Crippen MR) is 98.0 cm³/mol. The van der Waals surface area contributed by atoms with Crippen LogP contribution < -0.4 is 15.4 Å². The van der Waals surface area contributed by atoms with Crippen LogP contribution in [-0.4, -0.2) is 43.6 Å². The number of hydrogen-bond acceptors (Lipinski definition) is 5. The van der Waals surface area contributed by atoms with Crippen LogP contribution in [0.2, 0.25) is 0 Å². The summed E-state index contributed by atoms with van der Waals surface area (Å²) in [6.07, 6.45) is 1.92. The molecule has 144 valence electrons. The standard InChI is InChI=1S/C19H28N2O5/c1-4-6-12-25-16-9-7-15(8-10-16)19(24)21-13-17(22)26-14(3)18(23)20-11-5-2/h7-10,14H,4-6,11-13H2,1-3H3,(H,20,23)(H,21,24). The van der Waals surface area contributed by atoms with Gasteiger partial charge in [-0.1, -0.05) is 20.3 Å². The van der Waals surface area contributed by atoms with Crippen LogP contribution in [0.5, 0.6) is 5.75 Å². The molecule has 0 spiro atoms. The Balaban J connectivity index is 2.38. The first-order valence-electron chi connectivity index (χ1n) is 8.96. The van der Waals surface area contributed by atoms with Crippen LogP contribution in [0.15, 0.2) is 24.3 Å². The fourth-order valence-electron chi connectivity index (χ4n) is 1.98. The first kappa shape index (κ1) is 21.5. The lowest BCUT2D eigenvalue weighted by atomic mass is 10.2. The van der Waals surface area contributed by atoms with Crippen LogP contribution in [0.25, 0.3) is 0 Å². The number of hydrogen-bond donors (Lipinski definition) is 2. The third-order valence-corrected chi connectivity index (χ3v) is 3.50. The number of amides is 2. The normalized spacial score (nSPS) is 11.3. The molecule has 0 bridgehead atoms. The lowest BCUT2D eigenvalue weighted by Gasteiger charge is -2.13. The van der Waals surface area contributed by atoms with Gasteiger partial charge in [-0.15, -0.1) is 0 Å². The molecule has 0 fully saturated rings. The number of rotatable bonds is 11. The van der Waals surface area contributed by atoms with Gasteiger partial charge in [0.2, 0.25) is 0 Å². The number of esters is 1. The van der Waals surface area contributed by atoms with Crippen LogP contribution in [0.4, 0.5) is 0 Å². The first-order chi connectivity index (χ1) is 12.5. The van der Waals surface area contributed by atoms with E-state index >= 15 is 0 Å². The third-order valence-electron chi connectivity index (χ3n) is 3.50. The van der Waals surface area contributed by atoms with Crippen molar-refractivity contribution in [1.29, 1.82) is 0 Å². The molecule has 1 aromatic carbocycles. The van der Waals surface area contributed by atoms with E-state index in [0.29, 0.717) is 24.5 Å². The molecule has 1 rings (SSSR count). The number of unbranched alkanes of at least 4 members (excludes halogenated alkanes) is 1. The minimum absolute atomic E-state index is 0.307. The average molecular weight is 364 g/mol. The van der Waals surface area contributed by atoms with E-state index in [-0.39, 0.29) is 12.5 Å². The van der Waals surface area contributed by atoms with Gasteiger partial charge in [-0.05, 0) is 44.0 Å². The van der Waals surface area contributed by atoms with Crippen LogP contribution in [-0.2, 0) is 14.3 Å². The molecule has 0 aliphatic carbocycles. The van der Waals surface area contributed by atoms with E-state index < -0.39 is 18.0 Å². The fraction of sp³-hybridized carbons (Fsp3) is 0.526. The van der Waals surface area contributed by atoms with E-state index in [9.17, 15) is 14.4 Å². The van der Waals surface area contributed by atoms with Gasteiger partial charge in [0, 0.05) is 12.1 Å². The van der Waals surface area contributed by atoms with E-state index in [1.54, 1.807) is 24.3 Å². The summed E-state index contributed by atoms with van der Waals surface area (Å²) < 4.78 is 10.5. The van der Waals surface area contributed by atoms with Crippen molar-refractivity contribution in [3.05, 3.63) is 29.8 Å². The van der Waals surface area contributed by atoms with E-state index in [2.05, 4.69) is 17.6 Å². The average Bonchev–Trinajstić information content (AvgIpc) is 2.64. The summed E-state index contributed by atoms with van der Waals surface area (Å²) >= 11 is 0. The summed E-state index contributed by atoms with van der Waals surface area (Å²) in [4.78, 5) is 35.4. The molecule has 2 amide bonds.